The van der Waals surface area contributed by atoms with Gasteiger partial charge < -0.3 is 33.2 Å². The number of hydrogen-bond donors (Lipinski definition) is 0. The number of ether oxygens (including phenoxy) is 7. The minimum absolute atomic E-state index is 0.0212. The van der Waals surface area contributed by atoms with Gasteiger partial charge in [-0.1, -0.05) is 6.08 Å². The summed E-state index contributed by atoms with van der Waals surface area (Å²) in [6, 6.07) is 5.04. The fourth-order valence-corrected chi connectivity index (χ4v) is 2.94. The highest BCUT2D eigenvalue weighted by molar-refractivity contribution is 5.69. The van der Waals surface area contributed by atoms with E-state index in [2.05, 4.69) is 0 Å². The van der Waals surface area contributed by atoms with Crippen LogP contribution in [0.5, 0.6) is 5.75 Å². The van der Waals surface area contributed by atoms with Crippen LogP contribution in [-0.4, -0.2) is 76.2 Å². The molecule has 0 aliphatic carbocycles. The standard InChI is InChI=1S/C24H33NO11/c26-22(32-13-3-4-15-34-23-7-1-2-14-33-23)6-5-12-30-16-17-31-18-19-35-24(27)36-21-10-8-20(9-11-21)25(28)29/h3-4,8-11,23H,1-2,5-7,12-19H2/b4-3+. The Hall–Kier alpha value is -3.06. The maximum absolute atomic E-state index is 11.7. The third-order valence-electron chi connectivity index (χ3n) is 4.76. The van der Waals surface area contributed by atoms with Crippen LogP contribution in [0.4, 0.5) is 10.5 Å². The van der Waals surface area contributed by atoms with Gasteiger partial charge in [0.1, 0.15) is 19.0 Å². The third kappa shape index (κ3) is 13.7. The van der Waals surface area contributed by atoms with E-state index in [0.717, 1.165) is 25.9 Å². The highest BCUT2D eigenvalue weighted by atomic mass is 16.7. The Kier molecular flexibility index (Phi) is 14.8. The average molecular weight is 512 g/mol. The monoisotopic (exact) mass is 511 g/mol. The number of hydrogen-bond acceptors (Lipinski definition) is 11. The zero-order chi connectivity index (χ0) is 25.8. The molecule has 1 aromatic rings. The van der Waals surface area contributed by atoms with Crippen molar-refractivity contribution in [1.82, 2.24) is 0 Å². The minimum Gasteiger partial charge on any atom is -0.461 e. The smallest absolute Gasteiger partial charge is 0.461 e. The van der Waals surface area contributed by atoms with Crippen molar-refractivity contribution >= 4 is 17.8 Å². The van der Waals surface area contributed by atoms with Crippen LogP contribution in [-0.2, 0) is 33.2 Å². The molecule has 0 N–H and O–H groups in total. The second kappa shape index (κ2) is 18.2. The molecule has 1 saturated heterocycles. The van der Waals surface area contributed by atoms with Crippen molar-refractivity contribution in [3.05, 3.63) is 46.5 Å². The third-order valence-corrected chi connectivity index (χ3v) is 4.76. The van der Waals surface area contributed by atoms with E-state index >= 15 is 0 Å². The molecule has 1 atom stereocenters. The Balaban J connectivity index is 1.34. The summed E-state index contributed by atoms with van der Waals surface area (Å²) in [5.74, 6) is -0.163. The van der Waals surface area contributed by atoms with Crippen molar-refractivity contribution in [2.45, 2.75) is 38.4 Å². The van der Waals surface area contributed by atoms with E-state index in [1.165, 1.54) is 24.3 Å². The molecule has 0 radical (unpaired) electrons. The van der Waals surface area contributed by atoms with E-state index < -0.39 is 11.1 Å². The first-order valence-corrected chi connectivity index (χ1v) is 11.8. The highest BCUT2D eigenvalue weighted by Gasteiger charge is 2.13. The van der Waals surface area contributed by atoms with Gasteiger partial charge in [-0.05, 0) is 43.9 Å². The van der Waals surface area contributed by atoms with E-state index in [1.807, 2.05) is 0 Å². The molecule has 1 unspecified atom stereocenters. The van der Waals surface area contributed by atoms with Crippen LogP contribution in [0.25, 0.3) is 0 Å². The van der Waals surface area contributed by atoms with Crippen molar-refractivity contribution < 1.29 is 47.7 Å². The van der Waals surface area contributed by atoms with E-state index in [4.69, 9.17) is 33.2 Å². The summed E-state index contributed by atoms with van der Waals surface area (Å²) in [6.07, 6.45) is 6.37. The zero-order valence-corrected chi connectivity index (χ0v) is 20.2. The van der Waals surface area contributed by atoms with Gasteiger partial charge in [-0.25, -0.2) is 4.79 Å². The molecule has 0 amide bonds. The van der Waals surface area contributed by atoms with Crippen LogP contribution in [0.15, 0.2) is 36.4 Å². The molecule has 0 bridgehead atoms. The van der Waals surface area contributed by atoms with Crippen LogP contribution in [0, 0.1) is 10.1 Å². The first kappa shape index (κ1) is 29.2. The van der Waals surface area contributed by atoms with Crippen LogP contribution in [0.1, 0.15) is 32.1 Å². The second-order valence-corrected chi connectivity index (χ2v) is 7.56. The highest BCUT2D eigenvalue weighted by Crippen LogP contribution is 2.17. The molecular weight excluding hydrogens is 478 g/mol. The lowest BCUT2D eigenvalue weighted by Gasteiger charge is -2.21. The van der Waals surface area contributed by atoms with Crippen molar-refractivity contribution in [3.63, 3.8) is 0 Å². The Morgan fingerprint density at radius 3 is 2.42 bits per heavy atom. The summed E-state index contributed by atoms with van der Waals surface area (Å²) >= 11 is 0. The molecule has 36 heavy (non-hydrogen) atoms. The molecule has 0 saturated carbocycles. The van der Waals surface area contributed by atoms with Gasteiger partial charge in [0.25, 0.3) is 5.69 Å². The summed E-state index contributed by atoms with van der Waals surface area (Å²) in [6.45, 7) is 2.51. The van der Waals surface area contributed by atoms with Gasteiger partial charge in [0.15, 0.2) is 6.29 Å². The van der Waals surface area contributed by atoms with E-state index in [9.17, 15) is 19.7 Å². The van der Waals surface area contributed by atoms with E-state index in [0.29, 0.717) is 32.8 Å². The molecule has 200 valence electrons. The van der Waals surface area contributed by atoms with Crippen LogP contribution in [0.3, 0.4) is 0 Å². The lowest BCUT2D eigenvalue weighted by atomic mass is 10.2. The fourth-order valence-electron chi connectivity index (χ4n) is 2.94. The van der Waals surface area contributed by atoms with Gasteiger partial charge in [0.05, 0.1) is 31.4 Å². The molecule has 2 rings (SSSR count). The molecule has 1 fully saturated rings. The number of non-ortho nitro benzene ring substituents is 1. The number of carbonyl (C=O) groups is 2. The number of nitrogens with zero attached hydrogens (tertiary/aromatic N) is 1. The summed E-state index contributed by atoms with van der Waals surface area (Å²) < 4.78 is 36.5. The lowest BCUT2D eigenvalue weighted by Crippen LogP contribution is -2.22. The molecular formula is C24H33NO11. The van der Waals surface area contributed by atoms with Crippen molar-refractivity contribution in [3.8, 4) is 5.75 Å². The Morgan fingerprint density at radius 2 is 1.69 bits per heavy atom. The summed E-state index contributed by atoms with van der Waals surface area (Å²) in [7, 11) is 0. The minimum atomic E-state index is -0.937. The normalized spacial score (nSPS) is 15.5. The second-order valence-electron chi connectivity index (χ2n) is 7.56. The Morgan fingerprint density at radius 1 is 0.972 bits per heavy atom. The van der Waals surface area contributed by atoms with Gasteiger partial charge in [0.2, 0.25) is 0 Å². The quantitative estimate of drug-likeness (QED) is 0.0756. The summed E-state index contributed by atoms with van der Waals surface area (Å²) in [5, 5.41) is 10.6. The molecule has 12 nitrogen and oxygen atoms in total. The van der Waals surface area contributed by atoms with Crippen molar-refractivity contribution in [1.29, 1.82) is 0 Å². The predicted molar refractivity (Wildman–Crippen MR) is 126 cm³/mol. The van der Waals surface area contributed by atoms with Gasteiger partial charge in [-0.2, -0.15) is 0 Å². The van der Waals surface area contributed by atoms with E-state index in [1.54, 1.807) is 12.2 Å². The number of rotatable bonds is 17. The average Bonchev–Trinajstić information content (AvgIpc) is 2.88. The molecule has 0 spiro atoms. The molecule has 1 aliphatic rings. The number of esters is 1. The predicted octanol–water partition coefficient (Wildman–Crippen LogP) is 3.57. The first-order chi connectivity index (χ1) is 17.5. The number of nitro benzene ring substituents is 1. The van der Waals surface area contributed by atoms with Gasteiger partial charge in [-0.3, -0.25) is 14.9 Å². The first-order valence-electron chi connectivity index (χ1n) is 11.8. The molecule has 1 heterocycles. The Bertz CT molecular complexity index is 807. The van der Waals surface area contributed by atoms with Crippen molar-refractivity contribution in [2.24, 2.45) is 0 Å². The number of carbonyl (C=O) groups excluding carboxylic acids is 2. The summed E-state index contributed by atoms with van der Waals surface area (Å²) in [5.41, 5.74) is -0.110. The lowest BCUT2D eigenvalue weighted by molar-refractivity contribution is -0.384. The van der Waals surface area contributed by atoms with Crippen LogP contribution in [0.2, 0.25) is 0 Å². The summed E-state index contributed by atoms with van der Waals surface area (Å²) in [4.78, 5) is 33.3. The van der Waals surface area contributed by atoms with E-state index in [-0.39, 0.29) is 49.9 Å². The maximum atomic E-state index is 11.7. The van der Waals surface area contributed by atoms with Gasteiger partial charge >= 0.3 is 12.1 Å². The van der Waals surface area contributed by atoms with Gasteiger partial charge in [0, 0.05) is 31.8 Å². The molecule has 12 heteroatoms. The maximum Gasteiger partial charge on any atom is 0.513 e. The van der Waals surface area contributed by atoms with Crippen LogP contribution < -0.4 is 4.74 Å². The largest absolute Gasteiger partial charge is 0.513 e. The van der Waals surface area contributed by atoms with Gasteiger partial charge in [-0.15, -0.1) is 0 Å². The molecule has 1 aromatic carbocycles. The number of benzene rings is 1. The van der Waals surface area contributed by atoms with Crippen molar-refractivity contribution in [2.75, 3.05) is 52.9 Å². The zero-order valence-electron chi connectivity index (χ0n) is 20.2. The topological polar surface area (TPSA) is 142 Å². The Labute approximate surface area is 209 Å². The van der Waals surface area contributed by atoms with Crippen LogP contribution >= 0.6 is 0 Å². The molecule has 1 aliphatic heterocycles. The number of nitro groups is 1. The SMILES string of the molecule is O=C(CCCOCCOCCOC(=O)Oc1ccc([N+](=O)[O-])cc1)OC/C=C/COC1CCCCO1. The fraction of sp³-hybridized carbons (Fsp3) is 0.583. The molecule has 0 aromatic heterocycles.